The molecule has 1 aromatic carbocycles. The number of nitrogen functional groups attached to an aromatic ring is 1. The van der Waals surface area contributed by atoms with Gasteiger partial charge in [0, 0.05) is 30.8 Å². The van der Waals surface area contributed by atoms with E-state index in [1.54, 1.807) is 12.1 Å². The average Bonchev–Trinajstić information content (AvgIpc) is 3.01. The molecule has 2 aromatic heterocycles. The first-order valence-electron chi connectivity index (χ1n) is 13.9. The number of aromatic amines is 1. The van der Waals surface area contributed by atoms with Crippen LogP contribution < -0.4 is 33.0 Å². The number of carboxylic acids is 1. The minimum absolute atomic E-state index is 0.0520. The van der Waals surface area contributed by atoms with Crippen molar-refractivity contribution >= 4 is 40.6 Å². The molecule has 17 nitrogen and oxygen atoms in total. The van der Waals surface area contributed by atoms with Crippen molar-refractivity contribution < 1.29 is 33.7 Å². The summed E-state index contributed by atoms with van der Waals surface area (Å²) in [6.45, 7) is 3.33. The van der Waals surface area contributed by atoms with Gasteiger partial charge in [0.15, 0.2) is 11.2 Å². The van der Waals surface area contributed by atoms with Gasteiger partial charge in [0.1, 0.15) is 6.04 Å². The van der Waals surface area contributed by atoms with Crippen LogP contribution in [0.25, 0.3) is 11.2 Å². The number of hydrogen-bond acceptors (Lipinski definition) is 13. The first-order chi connectivity index (χ1) is 21.3. The minimum atomic E-state index is -1.26. The number of nitrogens with two attached hydrogens (primary N) is 2. The molecule has 1 atom stereocenters. The van der Waals surface area contributed by atoms with E-state index in [1.807, 2.05) is 0 Å². The number of aliphatic carboxylic acids is 1. The zero-order valence-corrected chi connectivity index (χ0v) is 24.0. The summed E-state index contributed by atoms with van der Waals surface area (Å²) in [5.41, 5.74) is 11.9. The van der Waals surface area contributed by atoms with Gasteiger partial charge >= 0.3 is 5.97 Å². The topological polar surface area (TPSA) is 259 Å². The van der Waals surface area contributed by atoms with Crippen molar-refractivity contribution in [3.05, 3.63) is 52.1 Å². The number of hydrogen-bond donors (Lipinski definition) is 7. The molecule has 0 radical (unpaired) electrons. The van der Waals surface area contributed by atoms with E-state index < -0.39 is 23.5 Å². The van der Waals surface area contributed by atoms with Crippen LogP contribution in [-0.2, 0) is 30.3 Å². The Morgan fingerprint density at radius 3 is 2.34 bits per heavy atom. The number of nitrogens with zero attached hydrogens (tertiary/aromatic N) is 3. The highest BCUT2D eigenvalue weighted by atomic mass is 16.5. The number of ether oxygens (including phenoxy) is 3. The molecule has 0 bridgehead atoms. The molecule has 0 spiro atoms. The molecule has 17 heteroatoms. The molecule has 238 valence electrons. The number of fused-ring (bicyclic) bond motifs is 1. The number of carbonyl (C=O) groups excluding carboxylic acids is 2. The second-order valence-electron chi connectivity index (χ2n) is 9.29. The smallest absolute Gasteiger partial charge is 0.326 e. The highest BCUT2D eigenvalue weighted by molar-refractivity contribution is 5.97. The Morgan fingerprint density at radius 1 is 0.977 bits per heavy atom. The predicted molar refractivity (Wildman–Crippen MR) is 159 cm³/mol. The van der Waals surface area contributed by atoms with Crippen molar-refractivity contribution in [1.82, 2.24) is 30.6 Å². The van der Waals surface area contributed by atoms with Crippen LogP contribution in [-0.4, -0.2) is 102 Å². The van der Waals surface area contributed by atoms with E-state index in [4.69, 9.17) is 25.7 Å². The lowest BCUT2D eigenvalue weighted by molar-refractivity contribution is -0.139. The molecule has 3 aromatic rings. The highest BCUT2D eigenvalue weighted by Crippen LogP contribution is 2.12. The summed E-state index contributed by atoms with van der Waals surface area (Å²) in [7, 11) is 0. The number of carboxylic acid groups (broad SMARTS) is 1. The molecular formula is C27H37N9O8. The molecule has 3 rings (SSSR count). The van der Waals surface area contributed by atoms with Gasteiger partial charge in [-0.1, -0.05) is 0 Å². The van der Waals surface area contributed by atoms with Crippen LogP contribution in [0.5, 0.6) is 0 Å². The summed E-state index contributed by atoms with van der Waals surface area (Å²) in [5.74, 6) is -2.27. The molecule has 9 N–H and O–H groups in total. The van der Waals surface area contributed by atoms with E-state index in [2.05, 4.69) is 35.9 Å². The van der Waals surface area contributed by atoms with Gasteiger partial charge in [-0.15, -0.1) is 0 Å². The SMILES string of the molecule is NCCOCCOCCOCCNC(=O)CCC(NC(=O)c1ccc(NCc2cnc3nc(N)[nH]c(=O)c3n2)cc1)C(=O)O. The Balaban J connectivity index is 1.36. The first-order valence-corrected chi connectivity index (χ1v) is 13.9. The first kappa shape index (κ1) is 33.8. The highest BCUT2D eigenvalue weighted by Gasteiger charge is 2.21. The summed E-state index contributed by atoms with van der Waals surface area (Å²) in [6.07, 6.45) is 1.27. The second kappa shape index (κ2) is 18.1. The average molecular weight is 616 g/mol. The van der Waals surface area contributed by atoms with Crippen molar-refractivity contribution in [2.75, 3.05) is 63.8 Å². The maximum atomic E-state index is 12.7. The lowest BCUT2D eigenvalue weighted by Crippen LogP contribution is -2.41. The van der Waals surface area contributed by atoms with Crippen molar-refractivity contribution in [3.63, 3.8) is 0 Å². The van der Waals surface area contributed by atoms with E-state index in [1.165, 1.54) is 18.3 Å². The molecular weight excluding hydrogens is 578 g/mol. The fourth-order valence-corrected chi connectivity index (χ4v) is 3.74. The molecule has 2 heterocycles. The largest absolute Gasteiger partial charge is 0.480 e. The van der Waals surface area contributed by atoms with Gasteiger partial charge < -0.3 is 46.7 Å². The Bertz CT molecular complexity index is 1440. The number of nitrogens with one attached hydrogen (secondary N) is 4. The fraction of sp³-hybridized carbons (Fsp3) is 0.444. The minimum Gasteiger partial charge on any atom is -0.480 e. The molecule has 2 amide bonds. The van der Waals surface area contributed by atoms with E-state index >= 15 is 0 Å². The molecule has 0 fully saturated rings. The number of carbonyl (C=O) groups is 3. The molecule has 1 unspecified atom stereocenters. The number of aromatic nitrogens is 4. The van der Waals surface area contributed by atoms with Gasteiger partial charge in [-0.2, -0.15) is 4.98 Å². The van der Waals surface area contributed by atoms with Crippen LogP contribution in [0, 0.1) is 0 Å². The van der Waals surface area contributed by atoms with Gasteiger partial charge in [0.25, 0.3) is 11.5 Å². The Morgan fingerprint density at radius 2 is 1.66 bits per heavy atom. The van der Waals surface area contributed by atoms with Crippen LogP contribution in [0.1, 0.15) is 28.9 Å². The molecule has 0 saturated heterocycles. The Hall–Kier alpha value is -4.71. The lowest BCUT2D eigenvalue weighted by Gasteiger charge is -2.15. The normalized spacial score (nSPS) is 11.7. The third kappa shape index (κ3) is 11.5. The van der Waals surface area contributed by atoms with Gasteiger partial charge in [-0.05, 0) is 30.7 Å². The van der Waals surface area contributed by atoms with E-state index in [9.17, 15) is 24.3 Å². The predicted octanol–water partition coefficient (Wildman–Crippen LogP) is -1.00. The summed E-state index contributed by atoms with van der Waals surface area (Å²) in [6, 6.07) is 5.05. The van der Waals surface area contributed by atoms with Gasteiger partial charge in [0.05, 0.1) is 58.1 Å². The lowest BCUT2D eigenvalue weighted by atomic mass is 10.1. The zero-order chi connectivity index (χ0) is 31.7. The number of H-pyrrole nitrogens is 1. The van der Waals surface area contributed by atoms with Gasteiger partial charge in [0.2, 0.25) is 11.9 Å². The van der Waals surface area contributed by atoms with E-state index in [0.29, 0.717) is 51.0 Å². The monoisotopic (exact) mass is 615 g/mol. The van der Waals surface area contributed by atoms with Crippen molar-refractivity contribution in [2.45, 2.75) is 25.4 Å². The fourth-order valence-electron chi connectivity index (χ4n) is 3.74. The molecule has 0 aliphatic carbocycles. The molecule has 44 heavy (non-hydrogen) atoms. The van der Waals surface area contributed by atoms with Crippen molar-refractivity contribution in [2.24, 2.45) is 5.73 Å². The van der Waals surface area contributed by atoms with Crippen LogP contribution >= 0.6 is 0 Å². The van der Waals surface area contributed by atoms with Gasteiger partial charge in [-0.3, -0.25) is 19.4 Å². The molecule has 0 aliphatic heterocycles. The van der Waals surface area contributed by atoms with Crippen LogP contribution in [0.3, 0.4) is 0 Å². The summed E-state index contributed by atoms with van der Waals surface area (Å²) >= 11 is 0. The molecule has 0 aliphatic rings. The van der Waals surface area contributed by atoms with E-state index in [0.717, 1.165) is 0 Å². The van der Waals surface area contributed by atoms with Crippen molar-refractivity contribution in [3.8, 4) is 0 Å². The zero-order valence-electron chi connectivity index (χ0n) is 24.0. The number of amides is 2. The number of anilines is 2. The Labute approximate surface area is 252 Å². The van der Waals surface area contributed by atoms with Gasteiger partial charge in [-0.25, -0.2) is 14.8 Å². The van der Waals surface area contributed by atoms with Crippen LogP contribution in [0.2, 0.25) is 0 Å². The second-order valence-corrected chi connectivity index (χ2v) is 9.29. The summed E-state index contributed by atoms with van der Waals surface area (Å²) < 4.78 is 15.9. The number of rotatable bonds is 20. The van der Waals surface area contributed by atoms with Crippen molar-refractivity contribution in [1.29, 1.82) is 0 Å². The third-order valence-electron chi connectivity index (χ3n) is 5.95. The Kier molecular flexibility index (Phi) is 13.9. The third-order valence-corrected chi connectivity index (χ3v) is 5.95. The quantitative estimate of drug-likeness (QED) is 0.0752. The maximum absolute atomic E-state index is 12.7. The summed E-state index contributed by atoms with van der Waals surface area (Å²) in [5, 5.41) is 17.7. The maximum Gasteiger partial charge on any atom is 0.326 e. The van der Waals surface area contributed by atoms with Crippen LogP contribution in [0.15, 0.2) is 35.3 Å². The van der Waals surface area contributed by atoms with Crippen LogP contribution in [0.4, 0.5) is 11.6 Å². The number of benzene rings is 1. The standard InChI is InChI=1S/C27H37N9O8/c28-7-9-42-11-13-44-14-12-43-10-8-30-21(37)6-5-20(26(40)41)34-24(38)17-1-3-18(4-2-17)31-15-19-16-32-23-22(33-19)25(39)36-27(29)35-23/h1-4,16,20,31H,5-15,28H2,(H,30,37)(H,34,38)(H,40,41)(H3,29,32,35,36,39). The molecule has 0 saturated carbocycles. The van der Waals surface area contributed by atoms with E-state index in [-0.39, 0.29) is 61.1 Å². The summed E-state index contributed by atoms with van der Waals surface area (Å²) in [4.78, 5) is 63.1.